The maximum Gasteiger partial charge on any atom is 0.255 e. The van der Waals surface area contributed by atoms with Crippen LogP contribution in [0.25, 0.3) is 0 Å². The highest BCUT2D eigenvalue weighted by Gasteiger charge is 2.16. The average molecular weight is 419 g/mol. The minimum atomic E-state index is -0.362. The van der Waals surface area contributed by atoms with E-state index in [-0.39, 0.29) is 23.5 Å². The number of anilines is 2. The third-order valence-electron chi connectivity index (χ3n) is 5.03. The van der Waals surface area contributed by atoms with Crippen LogP contribution in [-0.2, 0) is 11.2 Å². The number of carbonyl (C=O) groups excluding carboxylic acids is 2. The monoisotopic (exact) mass is 418 g/mol. The molecule has 2 amide bonds. The molecule has 0 unspecified atom stereocenters. The molecule has 0 bridgehead atoms. The number of hydrogen-bond donors (Lipinski definition) is 2. The molecule has 3 aromatic carbocycles. The molecule has 2 N–H and O–H groups in total. The summed E-state index contributed by atoms with van der Waals surface area (Å²) in [5.74, 6) is -0.486. The molecular weight excluding hydrogens is 391 g/mol. The van der Waals surface area contributed by atoms with Crippen LogP contribution in [0.15, 0.2) is 72.8 Å². The third-order valence-corrected chi connectivity index (χ3v) is 5.03. The molecule has 31 heavy (non-hydrogen) atoms. The van der Waals surface area contributed by atoms with Gasteiger partial charge in [0.1, 0.15) is 5.82 Å². The summed E-state index contributed by atoms with van der Waals surface area (Å²) in [6, 6.07) is 20.4. The second kappa shape index (κ2) is 10.0. The van der Waals surface area contributed by atoms with E-state index >= 15 is 0 Å². The maximum absolute atomic E-state index is 13.0. The van der Waals surface area contributed by atoms with Crippen LogP contribution in [0.3, 0.4) is 0 Å². The smallest absolute Gasteiger partial charge is 0.255 e. The fourth-order valence-electron chi connectivity index (χ4n) is 3.26. The quantitative estimate of drug-likeness (QED) is 0.493. The molecular formula is C26H27FN2O2. The fraction of sp³-hybridized carbons (Fsp3) is 0.231. The molecule has 0 spiro atoms. The van der Waals surface area contributed by atoms with E-state index in [0.29, 0.717) is 22.9 Å². The lowest BCUT2D eigenvalue weighted by Gasteiger charge is -2.14. The van der Waals surface area contributed by atoms with Crippen LogP contribution in [0.1, 0.15) is 48.2 Å². The summed E-state index contributed by atoms with van der Waals surface area (Å²) in [6.45, 7) is 6.24. The maximum atomic E-state index is 13.0. The topological polar surface area (TPSA) is 58.2 Å². The highest BCUT2D eigenvalue weighted by Crippen LogP contribution is 2.20. The van der Waals surface area contributed by atoms with E-state index in [0.717, 1.165) is 12.0 Å². The zero-order chi connectivity index (χ0) is 22.4. The number of amides is 2. The van der Waals surface area contributed by atoms with Crippen LogP contribution in [0.4, 0.5) is 15.8 Å². The van der Waals surface area contributed by atoms with Gasteiger partial charge in [0.15, 0.2) is 0 Å². The van der Waals surface area contributed by atoms with E-state index in [4.69, 9.17) is 0 Å². The van der Waals surface area contributed by atoms with Crippen molar-refractivity contribution in [2.45, 2.75) is 33.1 Å². The molecule has 0 aromatic heterocycles. The lowest BCUT2D eigenvalue weighted by atomic mass is 9.96. The van der Waals surface area contributed by atoms with Gasteiger partial charge in [-0.15, -0.1) is 0 Å². The molecule has 0 saturated carbocycles. The van der Waals surface area contributed by atoms with Gasteiger partial charge in [-0.3, -0.25) is 9.59 Å². The van der Waals surface area contributed by atoms with E-state index in [9.17, 15) is 14.0 Å². The molecule has 0 aliphatic heterocycles. The molecule has 5 heteroatoms. The zero-order valence-corrected chi connectivity index (χ0v) is 18.0. The number of carbonyl (C=O) groups is 2. The van der Waals surface area contributed by atoms with Crippen LogP contribution in [0.5, 0.6) is 0 Å². The molecule has 3 aromatic rings. The van der Waals surface area contributed by atoms with Gasteiger partial charge in [0.25, 0.3) is 5.91 Å². The Morgan fingerprint density at radius 1 is 0.774 bits per heavy atom. The van der Waals surface area contributed by atoms with Crippen molar-refractivity contribution in [1.29, 1.82) is 0 Å². The standard InChI is InChI=1S/C26H27FN2O2/c1-17(2)16-19-4-6-20(7-5-19)18(3)25(30)28-23-12-8-21(9-13-23)26(31)29-24-14-10-22(27)11-15-24/h4-15,17-18H,16H2,1-3H3,(H,28,30)(H,29,31)/t18-/m0/s1. The molecule has 1 atom stereocenters. The first-order valence-electron chi connectivity index (χ1n) is 10.4. The first kappa shape index (κ1) is 22.2. The van der Waals surface area contributed by atoms with Crippen molar-refractivity contribution < 1.29 is 14.0 Å². The Labute approximate surface area is 182 Å². The molecule has 0 aliphatic carbocycles. The van der Waals surface area contributed by atoms with Crippen molar-refractivity contribution in [2.75, 3.05) is 10.6 Å². The summed E-state index contributed by atoms with van der Waals surface area (Å²) in [5.41, 5.74) is 3.79. The van der Waals surface area contributed by atoms with E-state index < -0.39 is 0 Å². The highest BCUT2D eigenvalue weighted by atomic mass is 19.1. The second-order valence-corrected chi connectivity index (χ2v) is 8.09. The number of halogens is 1. The number of hydrogen-bond acceptors (Lipinski definition) is 2. The van der Waals surface area contributed by atoms with Gasteiger partial charge in [-0.1, -0.05) is 38.1 Å². The third kappa shape index (κ3) is 6.25. The lowest BCUT2D eigenvalue weighted by Crippen LogP contribution is -2.19. The first-order valence-corrected chi connectivity index (χ1v) is 10.4. The van der Waals surface area contributed by atoms with Crippen LogP contribution >= 0.6 is 0 Å². The minimum Gasteiger partial charge on any atom is -0.326 e. The predicted molar refractivity (Wildman–Crippen MR) is 123 cm³/mol. The normalized spacial score (nSPS) is 11.8. The van der Waals surface area contributed by atoms with Gasteiger partial charge in [-0.25, -0.2) is 4.39 Å². The Balaban J connectivity index is 1.58. The van der Waals surface area contributed by atoms with Gasteiger partial charge in [0, 0.05) is 16.9 Å². The Morgan fingerprint density at radius 2 is 1.32 bits per heavy atom. The first-order chi connectivity index (χ1) is 14.8. The van der Waals surface area contributed by atoms with Crippen LogP contribution in [0, 0.1) is 11.7 Å². The Morgan fingerprint density at radius 3 is 1.90 bits per heavy atom. The molecule has 4 nitrogen and oxygen atoms in total. The fourth-order valence-corrected chi connectivity index (χ4v) is 3.26. The molecule has 0 heterocycles. The van der Waals surface area contributed by atoms with Crippen molar-refractivity contribution in [1.82, 2.24) is 0 Å². The van der Waals surface area contributed by atoms with Crippen LogP contribution in [-0.4, -0.2) is 11.8 Å². The zero-order valence-electron chi connectivity index (χ0n) is 18.0. The van der Waals surface area contributed by atoms with Gasteiger partial charge >= 0.3 is 0 Å². The Kier molecular flexibility index (Phi) is 7.19. The minimum absolute atomic E-state index is 0.111. The second-order valence-electron chi connectivity index (χ2n) is 8.09. The van der Waals surface area contributed by atoms with Crippen molar-refractivity contribution in [3.8, 4) is 0 Å². The predicted octanol–water partition coefficient (Wildman–Crippen LogP) is 6.02. The molecule has 0 aliphatic rings. The van der Waals surface area contributed by atoms with E-state index in [1.54, 1.807) is 24.3 Å². The summed E-state index contributed by atoms with van der Waals surface area (Å²) in [5, 5.41) is 5.61. The summed E-state index contributed by atoms with van der Waals surface area (Å²) in [7, 11) is 0. The molecule has 160 valence electrons. The van der Waals surface area contributed by atoms with Crippen molar-refractivity contribution in [3.63, 3.8) is 0 Å². The Bertz CT molecular complexity index is 1030. The molecule has 0 radical (unpaired) electrons. The van der Waals surface area contributed by atoms with Crippen LogP contribution in [0.2, 0.25) is 0 Å². The lowest BCUT2D eigenvalue weighted by molar-refractivity contribution is -0.117. The van der Waals surface area contributed by atoms with E-state index in [1.807, 2.05) is 19.1 Å². The number of rotatable bonds is 7. The summed E-state index contributed by atoms with van der Waals surface area (Å²) < 4.78 is 13.0. The Hall–Kier alpha value is -3.47. The summed E-state index contributed by atoms with van der Waals surface area (Å²) >= 11 is 0. The molecule has 0 fully saturated rings. The van der Waals surface area contributed by atoms with Gasteiger partial charge in [-0.05, 0) is 78.9 Å². The van der Waals surface area contributed by atoms with Gasteiger partial charge in [0.2, 0.25) is 5.91 Å². The number of nitrogens with one attached hydrogen (secondary N) is 2. The average Bonchev–Trinajstić information content (AvgIpc) is 2.75. The molecule has 3 rings (SSSR count). The van der Waals surface area contributed by atoms with Gasteiger partial charge in [0.05, 0.1) is 5.92 Å². The molecule has 0 saturated heterocycles. The summed E-state index contributed by atoms with van der Waals surface area (Å²) in [6.07, 6.45) is 1.02. The van der Waals surface area contributed by atoms with Crippen molar-refractivity contribution in [3.05, 3.63) is 95.3 Å². The van der Waals surface area contributed by atoms with Gasteiger partial charge in [-0.2, -0.15) is 0 Å². The van der Waals surface area contributed by atoms with E-state index in [1.165, 1.54) is 29.8 Å². The largest absolute Gasteiger partial charge is 0.326 e. The van der Waals surface area contributed by atoms with Crippen LogP contribution < -0.4 is 10.6 Å². The number of benzene rings is 3. The SMILES string of the molecule is CC(C)Cc1ccc([C@H](C)C(=O)Nc2ccc(C(=O)Nc3ccc(F)cc3)cc2)cc1. The van der Waals surface area contributed by atoms with Crippen molar-refractivity contribution >= 4 is 23.2 Å². The summed E-state index contributed by atoms with van der Waals surface area (Å²) in [4.78, 5) is 25.0. The van der Waals surface area contributed by atoms with Gasteiger partial charge < -0.3 is 10.6 Å². The van der Waals surface area contributed by atoms with E-state index in [2.05, 4.69) is 36.6 Å². The van der Waals surface area contributed by atoms with Crippen molar-refractivity contribution in [2.24, 2.45) is 5.92 Å². The highest BCUT2D eigenvalue weighted by molar-refractivity contribution is 6.04.